The van der Waals surface area contributed by atoms with Crippen LogP contribution in [0.3, 0.4) is 0 Å². The number of fused-ring (bicyclic) bond motifs is 1. The number of halogens is 1. The van der Waals surface area contributed by atoms with Crippen molar-refractivity contribution < 1.29 is 14.3 Å². The minimum atomic E-state index is -1.31. The summed E-state index contributed by atoms with van der Waals surface area (Å²) in [7, 11) is 0. The van der Waals surface area contributed by atoms with E-state index in [0.29, 0.717) is 24.3 Å². The van der Waals surface area contributed by atoms with E-state index in [4.69, 9.17) is 10.8 Å². The molecule has 1 aliphatic heterocycles. The SMILES string of the molecule is CCn1cc(C(=O)O)c(=O)c2cc(F)c(N3C[C@@H](N)[C@@H]3C)cc21. The topological polar surface area (TPSA) is 88.6 Å². The van der Waals surface area contributed by atoms with E-state index < -0.39 is 17.2 Å². The van der Waals surface area contributed by atoms with Crippen LogP contribution in [0, 0.1) is 5.82 Å². The fourth-order valence-electron chi connectivity index (χ4n) is 2.99. The molecule has 1 aliphatic rings. The first-order chi connectivity index (χ1) is 10.8. The number of pyridine rings is 1. The fraction of sp³-hybridized carbons (Fsp3) is 0.375. The van der Waals surface area contributed by atoms with E-state index in [-0.39, 0.29) is 23.0 Å². The van der Waals surface area contributed by atoms with Crippen LogP contribution in [-0.2, 0) is 6.54 Å². The largest absolute Gasteiger partial charge is 0.477 e. The quantitative estimate of drug-likeness (QED) is 0.892. The maximum atomic E-state index is 14.5. The molecule has 0 aliphatic carbocycles. The lowest BCUT2D eigenvalue weighted by Crippen LogP contribution is -2.63. The van der Waals surface area contributed by atoms with Gasteiger partial charge in [-0.05, 0) is 26.0 Å². The molecule has 2 heterocycles. The molecule has 122 valence electrons. The Morgan fingerprint density at radius 2 is 2.17 bits per heavy atom. The van der Waals surface area contributed by atoms with Gasteiger partial charge >= 0.3 is 5.97 Å². The van der Waals surface area contributed by atoms with E-state index >= 15 is 0 Å². The number of aromatic nitrogens is 1. The van der Waals surface area contributed by atoms with Gasteiger partial charge in [0.1, 0.15) is 11.4 Å². The molecule has 7 heteroatoms. The molecule has 0 amide bonds. The summed E-state index contributed by atoms with van der Waals surface area (Å²) >= 11 is 0. The third-order valence-electron chi connectivity index (χ3n) is 4.55. The first-order valence-electron chi connectivity index (χ1n) is 7.47. The smallest absolute Gasteiger partial charge is 0.341 e. The molecule has 2 aromatic rings. The van der Waals surface area contributed by atoms with Gasteiger partial charge in [0.15, 0.2) is 0 Å². The van der Waals surface area contributed by atoms with Crippen molar-refractivity contribution in [3.8, 4) is 0 Å². The summed E-state index contributed by atoms with van der Waals surface area (Å²) in [6.45, 7) is 4.77. The molecule has 0 saturated carbocycles. The van der Waals surface area contributed by atoms with Gasteiger partial charge in [0, 0.05) is 36.8 Å². The maximum Gasteiger partial charge on any atom is 0.341 e. The molecule has 0 spiro atoms. The second kappa shape index (κ2) is 5.34. The average Bonchev–Trinajstić information content (AvgIpc) is 2.52. The highest BCUT2D eigenvalue weighted by molar-refractivity contribution is 5.93. The Balaban J connectivity index is 2.26. The Morgan fingerprint density at radius 3 is 2.70 bits per heavy atom. The van der Waals surface area contributed by atoms with Crippen LogP contribution in [0.15, 0.2) is 23.1 Å². The number of carboxylic acid groups (broad SMARTS) is 1. The van der Waals surface area contributed by atoms with Crippen LogP contribution in [0.5, 0.6) is 0 Å². The molecule has 23 heavy (non-hydrogen) atoms. The molecule has 0 radical (unpaired) electrons. The lowest BCUT2D eigenvalue weighted by molar-refractivity contribution is 0.0695. The van der Waals surface area contributed by atoms with Crippen LogP contribution >= 0.6 is 0 Å². The maximum absolute atomic E-state index is 14.5. The Hall–Kier alpha value is -2.41. The lowest BCUT2D eigenvalue weighted by Gasteiger charge is -2.46. The minimum Gasteiger partial charge on any atom is -0.477 e. The van der Waals surface area contributed by atoms with Gasteiger partial charge in [-0.1, -0.05) is 0 Å². The highest BCUT2D eigenvalue weighted by atomic mass is 19.1. The standard InChI is InChI=1S/C16H18FN3O3/c1-3-19-6-10(16(22)23)15(21)9-4-11(17)14(5-13(9)19)20-7-12(18)8(20)2/h4-6,8,12H,3,7,18H2,1-2H3,(H,22,23)/t8-,12+/m0/s1. The number of aromatic carboxylic acids is 1. The van der Waals surface area contributed by atoms with Crippen LogP contribution in [-0.4, -0.2) is 34.3 Å². The van der Waals surface area contributed by atoms with Crippen molar-refractivity contribution in [1.29, 1.82) is 0 Å². The number of benzene rings is 1. The van der Waals surface area contributed by atoms with Gasteiger partial charge in [-0.2, -0.15) is 0 Å². The highest BCUT2D eigenvalue weighted by Crippen LogP contribution is 2.31. The Labute approximate surface area is 131 Å². The van der Waals surface area contributed by atoms with E-state index in [9.17, 15) is 14.0 Å². The van der Waals surface area contributed by atoms with Gasteiger partial charge < -0.3 is 20.3 Å². The summed E-state index contributed by atoms with van der Waals surface area (Å²) in [4.78, 5) is 25.3. The zero-order valence-corrected chi connectivity index (χ0v) is 12.9. The highest BCUT2D eigenvalue weighted by Gasteiger charge is 2.34. The van der Waals surface area contributed by atoms with Crippen molar-refractivity contribution in [2.45, 2.75) is 32.5 Å². The summed E-state index contributed by atoms with van der Waals surface area (Å²) in [5.41, 5.74) is 5.74. The number of carbonyl (C=O) groups is 1. The summed E-state index contributed by atoms with van der Waals surface area (Å²) in [5, 5.41) is 9.21. The summed E-state index contributed by atoms with van der Waals surface area (Å²) < 4.78 is 16.1. The number of anilines is 1. The van der Waals surface area contributed by atoms with Crippen molar-refractivity contribution in [3.05, 3.63) is 39.9 Å². The zero-order valence-electron chi connectivity index (χ0n) is 12.9. The molecule has 3 rings (SSSR count). The van der Waals surface area contributed by atoms with Gasteiger partial charge in [0.25, 0.3) is 0 Å². The number of nitrogens with two attached hydrogens (primary N) is 1. The Bertz CT molecular complexity index is 862. The van der Waals surface area contributed by atoms with Crippen molar-refractivity contribution in [3.63, 3.8) is 0 Å². The fourth-order valence-corrected chi connectivity index (χ4v) is 2.99. The molecule has 1 aromatic heterocycles. The second-order valence-electron chi connectivity index (χ2n) is 5.84. The number of nitrogens with zero attached hydrogens (tertiary/aromatic N) is 2. The normalized spacial score (nSPS) is 20.6. The molecule has 1 aromatic carbocycles. The molecule has 6 nitrogen and oxygen atoms in total. The number of aryl methyl sites for hydroxylation is 1. The van der Waals surface area contributed by atoms with E-state index in [0.717, 1.165) is 6.07 Å². The Morgan fingerprint density at radius 1 is 1.48 bits per heavy atom. The van der Waals surface area contributed by atoms with E-state index in [1.54, 1.807) is 10.6 Å². The van der Waals surface area contributed by atoms with Crippen LogP contribution in [0.1, 0.15) is 24.2 Å². The molecule has 2 atom stereocenters. The predicted octanol–water partition coefficient (Wildman–Crippen LogP) is 1.39. The summed E-state index contributed by atoms with van der Waals surface area (Å²) in [6.07, 6.45) is 1.31. The number of hydrogen-bond donors (Lipinski definition) is 2. The van der Waals surface area contributed by atoms with Gasteiger partial charge in [0.05, 0.1) is 11.2 Å². The molecule has 1 fully saturated rings. The van der Waals surface area contributed by atoms with Gasteiger partial charge in [-0.15, -0.1) is 0 Å². The molecular formula is C16H18FN3O3. The molecule has 0 bridgehead atoms. The second-order valence-corrected chi connectivity index (χ2v) is 5.84. The lowest BCUT2D eigenvalue weighted by atomic mass is 9.97. The number of carboxylic acids is 1. The van der Waals surface area contributed by atoms with E-state index in [1.807, 2.05) is 18.7 Å². The first kappa shape index (κ1) is 15.5. The van der Waals surface area contributed by atoms with Crippen molar-refractivity contribution >= 4 is 22.6 Å². The number of hydrogen-bond acceptors (Lipinski definition) is 4. The number of rotatable bonds is 3. The average molecular weight is 319 g/mol. The first-order valence-corrected chi connectivity index (χ1v) is 7.47. The van der Waals surface area contributed by atoms with Crippen molar-refractivity contribution in [2.75, 3.05) is 11.4 Å². The van der Waals surface area contributed by atoms with Gasteiger partial charge in [-0.3, -0.25) is 4.79 Å². The van der Waals surface area contributed by atoms with Crippen molar-refractivity contribution in [1.82, 2.24) is 4.57 Å². The predicted molar refractivity (Wildman–Crippen MR) is 85.6 cm³/mol. The Kier molecular flexibility index (Phi) is 3.60. The van der Waals surface area contributed by atoms with Gasteiger partial charge in [-0.25, -0.2) is 9.18 Å². The van der Waals surface area contributed by atoms with Crippen LogP contribution in [0.25, 0.3) is 10.9 Å². The zero-order chi connectivity index (χ0) is 16.9. The summed E-state index contributed by atoms with van der Waals surface area (Å²) in [6, 6.07) is 2.74. The molecule has 1 saturated heterocycles. The van der Waals surface area contributed by atoms with Crippen molar-refractivity contribution in [2.24, 2.45) is 5.73 Å². The molecular weight excluding hydrogens is 301 g/mol. The molecule has 3 N–H and O–H groups in total. The third-order valence-corrected chi connectivity index (χ3v) is 4.55. The molecule has 0 unspecified atom stereocenters. The van der Waals surface area contributed by atoms with E-state index in [2.05, 4.69) is 0 Å². The monoisotopic (exact) mass is 319 g/mol. The summed E-state index contributed by atoms with van der Waals surface area (Å²) in [5.74, 6) is -1.86. The van der Waals surface area contributed by atoms with Crippen LogP contribution in [0.2, 0.25) is 0 Å². The van der Waals surface area contributed by atoms with E-state index in [1.165, 1.54) is 6.20 Å². The van der Waals surface area contributed by atoms with Gasteiger partial charge in [0.2, 0.25) is 5.43 Å². The van der Waals surface area contributed by atoms with Crippen LogP contribution < -0.4 is 16.1 Å². The minimum absolute atomic E-state index is 0.00662. The van der Waals surface area contributed by atoms with Crippen LogP contribution in [0.4, 0.5) is 10.1 Å². The third kappa shape index (κ3) is 2.28.